The van der Waals surface area contributed by atoms with Crippen LogP contribution >= 0.6 is 0 Å². The van der Waals surface area contributed by atoms with Crippen LogP contribution in [0.3, 0.4) is 0 Å². The average Bonchev–Trinajstić information content (AvgIpc) is 2.32. The number of aromatic nitrogens is 1. The van der Waals surface area contributed by atoms with Crippen molar-refractivity contribution in [1.82, 2.24) is 9.88 Å². The molecule has 1 saturated heterocycles. The van der Waals surface area contributed by atoms with Gasteiger partial charge in [0.15, 0.2) is 18.2 Å². The highest BCUT2D eigenvalue weighted by Gasteiger charge is 2.37. The Balaban J connectivity index is 1.94. The molecule has 2 rings (SSSR count). The Morgan fingerprint density at radius 1 is 1.48 bits per heavy atom. The molecule has 8 nitrogen and oxygen atoms in total. The number of carbonyl (C=O) groups excluding carboxylic acids is 1. The molecule has 0 aliphatic carbocycles. The Morgan fingerprint density at radius 3 is 2.62 bits per heavy atom. The first kappa shape index (κ1) is 15.0. The molecule has 0 N–H and O–H groups in total. The summed E-state index contributed by atoms with van der Waals surface area (Å²) in [4.78, 5) is 27.0. The van der Waals surface area contributed by atoms with Crippen molar-refractivity contribution in [3.63, 3.8) is 0 Å². The van der Waals surface area contributed by atoms with Gasteiger partial charge >= 0.3 is 11.9 Å². The predicted octanol–water partition coefficient (Wildman–Crippen LogP) is 2.34. The molecule has 0 aromatic carbocycles. The van der Waals surface area contributed by atoms with E-state index in [0.717, 1.165) is 0 Å². The molecule has 1 aliphatic rings. The monoisotopic (exact) mass is 295 g/mol. The molecule has 1 aromatic heterocycles. The van der Waals surface area contributed by atoms with Crippen LogP contribution in [0.25, 0.3) is 0 Å². The van der Waals surface area contributed by atoms with Crippen LogP contribution in [0, 0.1) is 10.1 Å². The summed E-state index contributed by atoms with van der Waals surface area (Å²) in [7, 11) is 0. The average molecular weight is 295 g/mol. The molecule has 21 heavy (non-hydrogen) atoms. The van der Waals surface area contributed by atoms with E-state index >= 15 is 0 Å². The first-order valence-corrected chi connectivity index (χ1v) is 6.53. The Hall–Kier alpha value is -2.38. The van der Waals surface area contributed by atoms with E-state index in [9.17, 15) is 14.9 Å². The van der Waals surface area contributed by atoms with Gasteiger partial charge in [-0.25, -0.2) is 4.79 Å². The summed E-state index contributed by atoms with van der Waals surface area (Å²) >= 11 is 0. The standard InChI is InChI=1S/C13H17N3O5/c1-13(2,3)21-12(17)15-7-6-11(15)20-9-4-5-10(14-8-9)16(18)19/h4-5,8,11H,6-7H2,1-3H3. The zero-order chi connectivity index (χ0) is 15.6. The van der Waals surface area contributed by atoms with Gasteiger partial charge in [0.05, 0.1) is 0 Å². The molecule has 1 amide bonds. The molecular formula is C13H17N3O5. The molecule has 0 bridgehead atoms. The van der Waals surface area contributed by atoms with Gasteiger partial charge in [0.25, 0.3) is 0 Å². The number of amides is 1. The van der Waals surface area contributed by atoms with Crippen molar-refractivity contribution in [2.24, 2.45) is 0 Å². The van der Waals surface area contributed by atoms with Crippen LogP contribution < -0.4 is 4.74 Å². The van der Waals surface area contributed by atoms with Crippen molar-refractivity contribution >= 4 is 11.9 Å². The summed E-state index contributed by atoms with van der Waals surface area (Å²) in [6.45, 7) is 5.93. The SMILES string of the molecule is CC(C)(C)OC(=O)N1CCC1Oc1ccc([N+](=O)[O-])nc1. The fourth-order valence-electron chi connectivity index (χ4n) is 1.72. The second-order valence-electron chi connectivity index (χ2n) is 5.64. The van der Waals surface area contributed by atoms with E-state index in [4.69, 9.17) is 9.47 Å². The molecule has 1 atom stereocenters. The van der Waals surface area contributed by atoms with Crippen molar-refractivity contribution in [3.8, 4) is 5.75 Å². The summed E-state index contributed by atoms with van der Waals surface area (Å²) in [5.41, 5.74) is -0.563. The number of nitrogens with zero attached hydrogens (tertiary/aromatic N) is 3. The van der Waals surface area contributed by atoms with Crippen LogP contribution in [0.2, 0.25) is 0 Å². The molecule has 1 aliphatic heterocycles. The third-order valence-electron chi connectivity index (χ3n) is 2.77. The lowest BCUT2D eigenvalue weighted by Gasteiger charge is -2.40. The number of hydrogen-bond donors (Lipinski definition) is 0. The molecule has 114 valence electrons. The predicted molar refractivity (Wildman–Crippen MR) is 72.9 cm³/mol. The van der Waals surface area contributed by atoms with Crippen LogP contribution in [0.4, 0.5) is 10.6 Å². The molecule has 1 aromatic rings. The lowest BCUT2D eigenvalue weighted by atomic mass is 10.2. The van der Waals surface area contributed by atoms with E-state index in [-0.39, 0.29) is 5.82 Å². The minimum Gasteiger partial charge on any atom is -0.466 e. The minimum atomic E-state index is -0.583. The molecule has 0 spiro atoms. The topological polar surface area (TPSA) is 94.8 Å². The van der Waals surface area contributed by atoms with Crippen molar-refractivity contribution in [2.75, 3.05) is 6.54 Å². The molecule has 0 saturated carbocycles. The third-order valence-corrected chi connectivity index (χ3v) is 2.77. The maximum absolute atomic E-state index is 11.9. The van der Waals surface area contributed by atoms with Gasteiger partial charge in [0, 0.05) is 19.0 Å². The highest BCUT2D eigenvalue weighted by molar-refractivity contribution is 5.69. The zero-order valence-corrected chi connectivity index (χ0v) is 12.1. The molecule has 1 unspecified atom stereocenters. The molecular weight excluding hydrogens is 278 g/mol. The fraction of sp³-hybridized carbons (Fsp3) is 0.538. The normalized spacial score (nSPS) is 17.9. The minimum absolute atomic E-state index is 0.250. The number of rotatable bonds is 3. The van der Waals surface area contributed by atoms with Crippen LogP contribution in [0.1, 0.15) is 27.2 Å². The maximum atomic E-state index is 11.9. The van der Waals surface area contributed by atoms with E-state index in [2.05, 4.69) is 4.98 Å². The van der Waals surface area contributed by atoms with E-state index in [1.54, 1.807) is 20.8 Å². The van der Waals surface area contributed by atoms with Crippen molar-refractivity contribution in [1.29, 1.82) is 0 Å². The van der Waals surface area contributed by atoms with Gasteiger partial charge in [-0.3, -0.25) is 4.90 Å². The van der Waals surface area contributed by atoms with E-state index in [1.807, 2.05) is 0 Å². The summed E-state index contributed by atoms with van der Waals surface area (Å²) in [6.07, 6.45) is 1.08. The van der Waals surface area contributed by atoms with Crippen LogP contribution in [-0.4, -0.2) is 39.3 Å². The summed E-state index contributed by atoms with van der Waals surface area (Å²) < 4.78 is 10.8. The van der Waals surface area contributed by atoms with Crippen LogP contribution in [0.5, 0.6) is 5.75 Å². The molecule has 8 heteroatoms. The van der Waals surface area contributed by atoms with Crippen molar-refractivity contribution in [2.45, 2.75) is 39.0 Å². The van der Waals surface area contributed by atoms with Gasteiger partial charge in [-0.05, 0) is 36.7 Å². The Kier molecular flexibility index (Phi) is 3.97. The molecule has 1 fully saturated rings. The Labute approximate surface area is 121 Å². The van der Waals surface area contributed by atoms with Crippen LogP contribution in [0.15, 0.2) is 18.3 Å². The number of ether oxygens (including phenoxy) is 2. The number of carbonyl (C=O) groups is 1. The highest BCUT2D eigenvalue weighted by Crippen LogP contribution is 2.25. The van der Waals surface area contributed by atoms with Crippen molar-refractivity contribution in [3.05, 3.63) is 28.4 Å². The second kappa shape index (κ2) is 5.55. The number of likely N-dealkylation sites (tertiary alicyclic amines) is 1. The van der Waals surface area contributed by atoms with Gasteiger partial charge in [-0.2, -0.15) is 0 Å². The van der Waals surface area contributed by atoms with Crippen molar-refractivity contribution < 1.29 is 19.2 Å². The van der Waals surface area contributed by atoms with Crippen LogP contribution in [-0.2, 0) is 4.74 Å². The summed E-state index contributed by atoms with van der Waals surface area (Å²) in [5, 5.41) is 10.5. The Morgan fingerprint density at radius 2 is 2.19 bits per heavy atom. The zero-order valence-electron chi connectivity index (χ0n) is 12.1. The molecule has 2 heterocycles. The lowest BCUT2D eigenvalue weighted by Crippen LogP contribution is -2.55. The number of hydrogen-bond acceptors (Lipinski definition) is 6. The quantitative estimate of drug-likeness (QED) is 0.627. The molecule has 0 radical (unpaired) electrons. The summed E-state index contributed by atoms with van der Waals surface area (Å²) in [6, 6.07) is 2.71. The second-order valence-corrected chi connectivity index (χ2v) is 5.64. The fourth-order valence-corrected chi connectivity index (χ4v) is 1.72. The Bertz CT molecular complexity index is 538. The van der Waals surface area contributed by atoms with E-state index in [0.29, 0.717) is 18.7 Å². The largest absolute Gasteiger partial charge is 0.466 e. The maximum Gasteiger partial charge on any atom is 0.413 e. The first-order chi connectivity index (χ1) is 9.76. The number of pyridine rings is 1. The van der Waals surface area contributed by atoms with Gasteiger partial charge in [0.1, 0.15) is 5.60 Å². The van der Waals surface area contributed by atoms with Gasteiger partial charge in [-0.15, -0.1) is 0 Å². The third kappa shape index (κ3) is 3.80. The first-order valence-electron chi connectivity index (χ1n) is 6.53. The van der Waals surface area contributed by atoms with E-state index < -0.39 is 22.8 Å². The lowest BCUT2D eigenvalue weighted by molar-refractivity contribution is -0.389. The van der Waals surface area contributed by atoms with Gasteiger partial charge < -0.3 is 19.6 Å². The highest BCUT2D eigenvalue weighted by atomic mass is 16.6. The smallest absolute Gasteiger partial charge is 0.413 e. The summed E-state index contributed by atoms with van der Waals surface area (Å²) in [5.74, 6) is 0.124. The number of nitro groups is 1. The van der Waals surface area contributed by atoms with E-state index in [1.165, 1.54) is 23.2 Å². The van der Waals surface area contributed by atoms with Gasteiger partial charge in [-0.1, -0.05) is 0 Å². The van der Waals surface area contributed by atoms with Gasteiger partial charge in [0.2, 0.25) is 0 Å².